The van der Waals surface area contributed by atoms with Crippen LogP contribution in [0.2, 0.25) is 0 Å². The number of rotatable bonds is 3. The second-order valence-corrected chi connectivity index (χ2v) is 4.43. The molecule has 2 nitrogen and oxygen atoms in total. The van der Waals surface area contributed by atoms with Gasteiger partial charge in [0.2, 0.25) is 0 Å². The predicted molar refractivity (Wildman–Crippen MR) is 67.7 cm³/mol. The van der Waals surface area contributed by atoms with Crippen LogP contribution in [0.5, 0.6) is 0 Å². The fraction of sp³-hybridized carbons (Fsp3) is 0.545. The zero-order valence-corrected chi connectivity index (χ0v) is 10.8. The highest BCUT2D eigenvalue weighted by molar-refractivity contribution is 6.39. The fourth-order valence-electron chi connectivity index (χ4n) is 1.35. The Kier molecular flexibility index (Phi) is 4.84. The summed E-state index contributed by atoms with van der Waals surface area (Å²) in [4.78, 5) is 6.36. The van der Waals surface area contributed by atoms with E-state index in [1.807, 2.05) is 0 Å². The summed E-state index contributed by atoms with van der Waals surface area (Å²) in [5.41, 5.74) is 1.16. The zero-order valence-electron chi connectivity index (χ0n) is 9.30. The third kappa shape index (κ3) is 3.33. The molecule has 1 rings (SSSR count). The first-order valence-electron chi connectivity index (χ1n) is 5.04. The van der Waals surface area contributed by atoms with Gasteiger partial charge >= 0.3 is 0 Å². The lowest BCUT2D eigenvalue weighted by Gasteiger charge is -2.23. The van der Waals surface area contributed by atoms with Gasteiger partial charge in [0.05, 0.1) is 5.03 Å². The van der Waals surface area contributed by atoms with Crippen LogP contribution < -0.4 is 0 Å². The first-order chi connectivity index (χ1) is 7.06. The summed E-state index contributed by atoms with van der Waals surface area (Å²) in [6, 6.07) is 0.339. The molecule has 1 aliphatic rings. The second kappa shape index (κ2) is 5.69. The van der Waals surface area contributed by atoms with Gasteiger partial charge in [-0.15, -0.1) is 0 Å². The van der Waals surface area contributed by atoms with E-state index in [9.17, 15) is 0 Å². The topological polar surface area (TPSA) is 15.6 Å². The minimum atomic E-state index is 0.339. The number of hydrogen-bond donors (Lipinski definition) is 0. The van der Waals surface area contributed by atoms with Gasteiger partial charge < -0.3 is 0 Å². The van der Waals surface area contributed by atoms with Gasteiger partial charge in [-0.3, -0.25) is 4.90 Å². The zero-order chi connectivity index (χ0) is 11.4. The minimum Gasteiger partial charge on any atom is -0.300 e. The maximum Gasteiger partial charge on any atom is 0.143 e. The van der Waals surface area contributed by atoms with Gasteiger partial charge in [-0.25, -0.2) is 4.99 Å². The Labute approximate surface area is 101 Å². The van der Waals surface area contributed by atoms with Crippen molar-refractivity contribution in [2.75, 3.05) is 13.6 Å². The normalized spacial score (nSPS) is 19.2. The first-order valence-corrected chi connectivity index (χ1v) is 5.80. The molecule has 0 aromatic carbocycles. The molecular formula is C11H16Cl2N2. The van der Waals surface area contributed by atoms with E-state index in [1.54, 1.807) is 6.21 Å². The Balaban J connectivity index is 2.79. The standard InChI is InChI=1S/C11H16Cl2N2/c1-4-15(3)8(2)9-5-6-10(12)11(13)14-7-9/h5,7-8H,4,6H2,1-3H3. The summed E-state index contributed by atoms with van der Waals surface area (Å²) >= 11 is 11.8. The summed E-state index contributed by atoms with van der Waals surface area (Å²) in [7, 11) is 2.08. The fourth-order valence-corrected chi connectivity index (χ4v) is 1.60. The molecule has 0 aromatic rings. The van der Waals surface area contributed by atoms with Crippen LogP contribution in [0.4, 0.5) is 0 Å². The molecule has 15 heavy (non-hydrogen) atoms. The quantitative estimate of drug-likeness (QED) is 0.698. The van der Waals surface area contributed by atoms with Crippen molar-refractivity contribution < 1.29 is 0 Å². The number of nitrogens with zero attached hydrogens (tertiary/aromatic N) is 2. The van der Waals surface area contributed by atoms with Crippen LogP contribution in [0.1, 0.15) is 20.3 Å². The molecule has 4 heteroatoms. The van der Waals surface area contributed by atoms with Crippen LogP contribution >= 0.6 is 23.2 Å². The molecule has 0 amide bonds. The van der Waals surface area contributed by atoms with Crippen molar-refractivity contribution in [3.05, 3.63) is 21.8 Å². The van der Waals surface area contributed by atoms with Crippen LogP contribution in [-0.4, -0.2) is 30.7 Å². The smallest absolute Gasteiger partial charge is 0.143 e. The van der Waals surface area contributed by atoms with Crippen molar-refractivity contribution >= 4 is 29.4 Å². The number of hydrogen-bond acceptors (Lipinski definition) is 2. The van der Waals surface area contributed by atoms with Crippen molar-refractivity contribution in [3.8, 4) is 0 Å². The Hall–Kier alpha value is -0.310. The molecule has 1 unspecified atom stereocenters. The van der Waals surface area contributed by atoms with E-state index < -0.39 is 0 Å². The van der Waals surface area contributed by atoms with Gasteiger partial charge in [0, 0.05) is 18.7 Å². The molecule has 0 spiro atoms. The number of halogens is 2. The third-order valence-electron chi connectivity index (χ3n) is 2.71. The first kappa shape index (κ1) is 12.8. The van der Waals surface area contributed by atoms with Crippen LogP contribution in [0.25, 0.3) is 0 Å². The van der Waals surface area contributed by atoms with Crippen molar-refractivity contribution in [1.29, 1.82) is 0 Å². The molecule has 84 valence electrons. The molecule has 0 bridgehead atoms. The molecular weight excluding hydrogens is 231 g/mol. The monoisotopic (exact) mass is 246 g/mol. The predicted octanol–water partition coefficient (Wildman–Crippen LogP) is 3.37. The molecule has 0 aliphatic carbocycles. The van der Waals surface area contributed by atoms with Gasteiger partial charge in [-0.05, 0) is 26.1 Å². The number of aliphatic imine (C=N–C) groups is 1. The average Bonchev–Trinajstić information content (AvgIpc) is 2.41. The maximum absolute atomic E-state index is 5.93. The van der Waals surface area contributed by atoms with E-state index in [1.165, 1.54) is 0 Å². The Morgan fingerprint density at radius 1 is 1.53 bits per heavy atom. The molecule has 0 saturated carbocycles. The van der Waals surface area contributed by atoms with Gasteiger partial charge in [0.25, 0.3) is 0 Å². The summed E-state index contributed by atoms with van der Waals surface area (Å²) in [6.45, 7) is 5.28. The number of likely N-dealkylation sites (N-methyl/N-ethyl adjacent to an activating group) is 1. The highest BCUT2D eigenvalue weighted by atomic mass is 35.5. The van der Waals surface area contributed by atoms with Crippen molar-refractivity contribution in [2.45, 2.75) is 26.3 Å². The van der Waals surface area contributed by atoms with Crippen molar-refractivity contribution in [1.82, 2.24) is 4.90 Å². The molecule has 1 atom stereocenters. The summed E-state index contributed by atoms with van der Waals surface area (Å²) in [5, 5.41) is 1.00. The Bertz CT molecular complexity index is 319. The molecule has 1 aliphatic heterocycles. The van der Waals surface area contributed by atoms with Crippen LogP contribution in [0.15, 0.2) is 26.8 Å². The minimum absolute atomic E-state index is 0.339. The summed E-state index contributed by atoms with van der Waals surface area (Å²) in [6.07, 6.45) is 4.55. The van der Waals surface area contributed by atoms with E-state index in [4.69, 9.17) is 23.2 Å². The molecule has 0 saturated heterocycles. The Morgan fingerprint density at radius 3 is 2.80 bits per heavy atom. The average molecular weight is 247 g/mol. The summed E-state index contributed by atoms with van der Waals surface area (Å²) < 4.78 is 0. The van der Waals surface area contributed by atoms with E-state index in [0.717, 1.165) is 12.1 Å². The third-order valence-corrected chi connectivity index (χ3v) is 3.47. The van der Waals surface area contributed by atoms with Gasteiger partial charge in [-0.1, -0.05) is 36.2 Å². The largest absolute Gasteiger partial charge is 0.300 e. The lowest BCUT2D eigenvalue weighted by molar-refractivity contribution is 0.308. The van der Waals surface area contributed by atoms with Crippen LogP contribution in [-0.2, 0) is 0 Å². The molecule has 0 aromatic heterocycles. The van der Waals surface area contributed by atoms with Crippen LogP contribution in [0.3, 0.4) is 0 Å². The molecule has 0 N–H and O–H groups in total. The van der Waals surface area contributed by atoms with Crippen molar-refractivity contribution in [2.24, 2.45) is 4.99 Å². The molecule has 1 heterocycles. The lowest BCUT2D eigenvalue weighted by atomic mass is 10.1. The van der Waals surface area contributed by atoms with Gasteiger partial charge in [0.1, 0.15) is 5.16 Å². The van der Waals surface area contributed by atoms with Gasteiger partial charge in [0.15, 0.2) is 0 Å². The highest BCUT2D eigenvalue weighted by Gasteiger charge is 2.13. The Morgan fingerprint density at radius 2 is 2.20 bits per heavy atom. The SMILES string of the molecule is CCN(C)C(C)C1=CCC(Cl)=C(Cl)N=C1. The lowest BCUT2D eigenvalue weighted by Crippen LogP contribution is -2.30. The van der Waals surface area contributed by atoms with Crippen molar-refractivity contribution in [3.63, 3.8) is 0 Å². The number of allylic oxidation sites excluding steroid dienone is 2. The van der Waals surface area contributed by atoms with E-state index >= 15 is 0 Å². The summed E-state index contributed by atoms with van der Waals surface area (Å²) in [5.74, 6) is 0. The van der Waals surface area contributed by atoms with E-state index in [2.05, 4.69) is 36.9 Å². The second-order valence-electron chi connectivity index (χ2n) is 3.61. The molecule has 0 fully saturated rings. The van der Waals surface area contributed by atoms with Crippen LogP contribution in [0, 0.1) is 0 Å². The highest BCUT2D eigenvalue weighted by Crippen LogP contribution is 2.23. The van der Waals surface area contributed by atoms with E-state index in [0.29, 0.717) is 22.7 Å². The van der Waals surface area contributed by atoms with Gasteiger partial charge in [-0.2, -0.15) is 0 Å². The van der Waals surface area contributed by atoms with E-state index in [-0.39, 0.29) is 0 Å². The maximum atomic E-state index is 5.93. The molecule has 0 radical (unpaired) electrons.